The van der Waals surface area contributed by atoms with Crippen molar-refractivity contribution in [2.75, 3.05) is 0 Å². The molecule has 4 rings (SSSR count). The molecule has 0 unspecified atom stereocenters. The maximum absolute atomic E-state index is 13.5. The molecule has 0 amide bonds. The average Bonchev–Trinajstić information content (AvgIpc) is 3.03. The molecule has 0 radical (unpaired) electrons. The number of fused-ring (bicyclic) bond motifs is 1. The van der Waals surface area contributed by atoms with Gasteiger partial charge >= 0.3 is 0 Å². The third kappa shape index (κ3) is 3.57. The molecule has 0 spiro atoms. The number of nitrogens with zero attached hydrogens (tertiary/aromatic N) is 2. The number of thiophene rings is 1. The summed E-state index contributed by atoms with van der Waals surface area (Å²) in [6.45, 7) is 5.10. The fraction of sp³-hybridized carbons (Fsp3) is 0.174. The van der Waals surface area contributed by atoms with Gasteiger partial charge in [0.05, 0.1) is 11.9 Å². The Morgan fingerprint density at radius 1 is 1.13 bits per heavy atom. The Morgan fingerprint density at radius 2 is 1.83 bits per heavy atom. The Labute approximate surface area is 181 Å². The van der Waals surface area contributed by atoms with Crippen LogP contribution in [-0.2, 0) is 6.54 Å². The molecule has 0 aliphatic rings. The Balaban J connectivity index is 1.84. The van der Waals surface area contributed by atoms with Gasteiger partial charge in [-0.25, -0.2) is 9.37 Å². The van der Waals surface area contributed by atoms with Gasteiger partial charge in [-0.3, -0.25) is 14.2 Å². The van der Waals surface area contributed by atoms with Gasteiger partial charge < -0.3 is 0 Å². The fourth-order valence-corrected chi connectivity index (χ4v) is 4.71. The second-order valence-electron chi connectivity index (χ2n) is 7.16. The van der Waals surface area contributed by atoms with E-state index in [1.54, 1.807) is 26.0 Å². The van der Waals surface area contributed by atoms with Crippen LogP contribution in [-0.4, -0.2) is 15.3 Å². The predicted molar refractivity (Wildman–Crippen MR) is 119 cm³/mol. The van der Waals surface area contributed by atoms with E-state index in [1.165, 1.54) is 34.1 Å². The molecule has 4 nitrogen and oxygen atoms in total. The second kappa shape index (κ2) is 7.78. The first-order valence-electron chi connectivity index (χ1n) is 9.32. The van der Waals surface area contributed by atoms with Crippen LogP contribution >= 0.6 is 22.9 Å². The normalized spacial score (nSPS) is 11.2. The summed E-state index contributed by atoms with van der Waals surface area (Å²) < 4.78 is 14.9. The third-order valence-electron chi connectivity index (χ3n) is 5.09. The lowest BCUT2D eigenvalue weighted by Gasteiger charge is -2.10. The van der Waals surface area contributed by atoms with Crippen molar-refractivity contribution in [2.45, 2.75) is 27.3 Å². The second-order valence-corrected chi connectivity index (χ2v) is 8.80. The first-order chi connectivity index (χ1) is 14.3. The summed E-state index contributed by atoms with van der Waals surface area (Å²) in [5.74, 6) is -0.183. The molecule has 0 aliphatic carbocycles. The van der Waals surface area contributed by atoms with Crippen LogP contribution in [0.4, 0.5) is 4.39 Å². The van der Waals surface area contributed by atoms with E-state index >= 15 is 0 Å². The Kier molecular flexibility index (Phi) is 5.30. The van der Waals surface area contributed by atoms with E-state index in [0.717, 1.165) is 16.0 Å². The Morgan fingerprint density at radius 3 is 2.50 bits per heavy atom. The van der Waals surface area contributed by atoms with Crippen LogP contribution in [0.1, 0.15) is 26.6 Å². The van der Waals surface area contributed by atoms with Crippen LogP contribution in [0.25, 0.3) is 21.3 Å². The lowest BCUT2D eigenvalue weighted by molar-refractivity contribution is 0.0969. The lowest BCUT2D eigenvalue weighted by Crippen LogP contribution is -2.27. The summed E-state index contributed by atoms with van der Waals surface area (Å²) in [7, 11) is 0. The molecule has 0 atom stereocenters. The van der Waals surface area contributed by atoms with Gasteiger partial charge in [0.15, 0.2) is 5.78 Å². The zero-order chi connectivity index (χ0) is 21.6. The van der Waals surface area contributed by atoms with Crippen LogP contribution in [0, 0.1) is 26.6 Å². The average molecular weight is 441 g/mol. The highest BCUT2D eigenvalue weighted by Gasteiger charge is 2.20. The van der Waals surface area contributed by atoms with E-state index in [9.17, 15) is 14.0 Å². The number of carbonyl (C=O) groups excluding carboxylic acids is 1. The first kappa shape index (κ1) is 20.4. The van der Waals surface area contributed by atoms with Crippen molar-refractivity contribution < 1.29 is 9.18 Å². The zero-order valence-corrected chi connectivity index (χ0v) is 18.2. The zero-order valence-electron chi connectivity index (χ0n) is 16.6. The molecule has 4 aromatic rings. The number of rotatable bonds is 4. The van der Waals surface area contributed by atoms with Gasteiger partial charge in [-0.05, 0) is 62.2 Å². The lowest BCUT2D eigenvalue weighted by atomic mass is 10.0. The van der Waals surface area contributed by atoms with E-state index in [-0.39, 0.29) is 23.7 Å². The van der Waals surface area contributed by atoms with Crippen LogP contribution in [0.3, 0.4) is 0 Å². The largest absolute Gasteiger partial charge is 0.292 e. The van der Waals surface area contributed by atoms with Crippen LogP contribution in [0.2, 0.25) is 5.02 Å². The molecule has 0 fully saturated rings. The van der Waals surface area contributed by atoms with E-state index in [2.05, 4.69) is 4.98 Å². The molecule has 7 heteroatoms. The van der Waals surface area contributed by atoms with Gasteiger partial charge in [0.1, 0.15) is 16.5 Å². The Bertz CT molecular complexity index is 1360. The van der Waals surface area contributed by atoms with Gasteiger partial charge in [-0.1, -0.05) is 23.7 Å². The summed E-state index contributed by atoms with van der Waals surface area (Å²) in [4.78, 5) is 32.4. The number of hydrogen-bond donors (Lipinski definition) is 0. The first-order valence-corrected chi connectivity index (χ1v) is 10.5. The Hall–Kier alpha value is -2.83. The molecular formula is C23H18ClFN2O2S. The van der Waals surface area contributed by atoms with Crippen molar-refractivity contribution in [3.63, 3.8) is 0 Å². The molecule has 30 heavy (non-hydrogen) atoms. The van der Waals surface area contributed by atoms with E-state index in [1.807, 2.05) is 19.1 Å². The smallest absolute Gasteiger partial charge is 0.263 e. The summed E-state index contributed by atoms with van der Waals surface area (Å²) in [5, 5.41) is 1.11. The fourth-order valence-electron chi connectivity index (χ4n) is 3.50. The van der Waals surface area contributed by atoms with Gasteiger partial charge in [-0.2, -0.15) is 0 Å². The highest BCUT2D eigenvalue weighted by Crippen LogP contribution is 2.36. The SMILES string of the molecule is Cc1cc(C(=O)Cn2c(C)nc3sc(C)c(-c4ccc(Cl)cc4)c3c2=O)ccc1F. The highest BCUT2D eigenvalue weighted by molar-refractivity contribution is 7.19. The van der Waals surface area contributed by atoms with Crippen molar-refractivity contribution in [1.82, 2.24) is 9.55 Å². The van der Waals surface area contributed by atoms with Crippen molar-refractivity contribution >= 4 is 38.9 Å². The molecule has 0 saturated carbocycles. The third-order valence-corrected chi connectivity index (χ3v) is 6.34. The summed E-state index contributed by atoms with van der Waals surface area (Å²) in [5.41, 5.74) is 2.16. The minimum Gasteiger partial charge on any atom is -0.292 e. The predicted octanol–water partition coefficient (Wildman–Crippen LogP) is 5.73. The summed E-state index contributed by atoms with van der Waals surface area (Å²) in [6, 6.07) is 11.5. The number of aromatic nitrogens is 2. The van der Waals surface area contributed by atoms with Crippen molar-refractivity contribution in [3.8, 4) is 11.1 Å². The maximum Gasteiger partial charge on any atom is 0.263 e. The minimum atomic E-state index is -0.371. The van der Waals surface area contributed by atoms with Gasteiger partial charge in [0.25, 0.3) is 5.56 Å². The van der Waals surface area contributed by atoms with Crippen LogP contribution < -0.4 is 5.56 Å². The number of benzene rings is 2. The number of ketones is 1. The molecule has 2 aromatic heterocycles. The van der Waals surface area contributed by atoms with Crippen molar-refractivity contribution in [3.05, 3.63) is 85.5 Å². The van der Waals surface area contributed by atoms with E-state index in [0.29, 0.717) is 32.2 Å². The quantitative estimate of drug-likeness (QED) is 0.381. The number of Topliss-reactive ketones (excluding diaryl/α,β-unsaturated/α-hetero) is 1. The molecule has 2 heterocycles. The number of hydrogen-bond acceptors (Lipinski definition) is 4. The van der Waals surface area contributed by atoms with Crippen molar-refractivity contribution in [1.29, 1.82) is 0 Å². The molecule has 152 valence electrons. The molecule has 0 bridgehead atoms. The van der Waals surface area contributed by atoms with E-state index < -0.39 is 0 Å². The topological polar surface area (TPSA) is 52.0 Å². The van der Waals surface area contributed by atoms with Crippen LogP contribution in [0.15, 0.2) is 47.3 Å². The standard InChI is InChI=1S/C23H18ClFN2O2S/c1-12-10-16(6-9-18(12)25)19(28)11-27-14(3)26-22-21(23(27)29)20(13(2)30-22)15-4-7-17(24)8-5-15/h4-10H,11H2,1-3H3. The number of aryl methyl sites for hydroxylation is 3. The molecular weight excluding hydrogens is 423 g/mol. The summed E-state index contributed by atoms with van der Waals surface area (Å²) >= 11 is 7.46. The number of halogens is 2. The van der Waals surface area contributed by atoms with Crippen molar-refractivity contribution in [2.24, 2.45) is 0 Å². The maximum atomic E-state index is 13.5. The monoisotopic (exact) mass is 440 g/mol. The highest BCUT2D eigenvalue weighted by atomic mass is 35.5. The molecule has 0 aliphatic heterocycles. The minimum absolute atomic E-state index is 0.159. The van der Waals surface area contributed by atoms with E-state index in [4.69, 9.17) is 11.6 Å². The van der Waals surface area contributed by atoms with Gasteiger partial charge in [-0.15, -0.1) is 11.3 Å². The number of carbonyl (C=O) groups is 1. The molecule has 0 N–H and O–H groups in total. The van der Waals surface area contributed by atoms with Gasteiger partial charge in [0.2, 0.25) is 0 Å². The summed E-state index contributed by atoms with van der Waals surface area (Å²) in [6.07, 6.45) is 0. The van der Waals surface area contributed by atoms with Crippen LogP contribution in [0.5, 0.6) is 0 Å². The molecule has 2 aromatic carbocycles. The van der Waals surface area contributed by atoms with Gasteiger partial charge in [0, 0.05) is 21.0 Å². The molecule has 0 saturated heterocycles.